The fourth-order valence-electron chi connectivity index (χ4n) is 3.75. The lowest BCUT2D eigenvalue weighted by atomic mass is 10.4. The number of furan rings is 1. The van der Waals surface area contributed by atoms with Gasteiger partial charge in [0.05, 0.1) is 6.21 Å². The maximum Gasteiger partial charge on any atom is 0.250 e. The van der Waals surface area contributed by atoms with Crippen LogP contribution in [0.15, 0.2) is 55.9 Å². The molecule has 3 aromatic rings. The van der Waals surface area contributed by atoms with Crippen molar-refractivity contribution in [1.29, 1.82) is 0 Å². The van der Waals surface area contributed by atoms with Gasteiger partial charge in [-0.25, -0.2) is 5.43 Å². The largest absolute Gasteiger partial charge is 0.448 e. The summed E-state index contributed by atoms with van der Waals surface area (Å²) >= 11 is 7.47. The molecule has 0 atom stereocenters. The number of nitrogens with zero attached hydrogens (tertiary/aromatic N) is 6. The average molecular weight is 470 g/mol. The molecule has 2 aliphatic rings. The van der Waals surface area contributed by atoms with Crippen molar-refractivity contribution in [1.82, 2.24) is 15.0 Å². The summed E-state index contributed by atoms with van der Waals surface area (Å²) in [7, 11) is 0. The van der Waals surface area contributed by atoms with Crippen molar-refractivity contribution >= 4 is 47.4 Å². The van der Waals surface area contributed by atoms with Crippen LogP contribution in [0.25, 0.3) is 0 Å². The van der Waals surface area contributed by atoms with E-state index in [9.17, 15) is 0 Å². The Morgan fingerprint density at radius 2 is 1.50 bits per heavy atom. The van der Waals surface area contributed by atoms with E-state index in [1.807, 2.05) is 36.4 Å². The zero-order valence-corrected chi connectivity index (χ0v) is 19.1. The lowest BCUT2D eigenvalue weighted by Gasteiger charge is -2.20. The molecule has 5 rings (SSSR count). The molecule has 0 bridgehead atoms. The Morgan fingerprint density at radius 3 is 2.12 bits per heavy atom. The average Bonchev–Trinajstić information content (AvgIpc) is 3.58. The van der Waals surface area contributed by atoms with Gasteiger partial charge in [-0.05, 0) is 62.1 Å². The van der Waals surface area contributed by atoms with E-state index in [1.165, 1.54) is 37.4 Å². The van der Waals surface area contributed by atoms with Gasteiger partial charge in [0.15, 0.2) is 5.09 Å². The molecule has 0 unspecified atom stereocenters. The lowest BCUT2D eigenvalue weighted by molar-refractivity contribution is 0.469. The number of aromatic nitrogens is 3. The van der Waals surface area contributed by atoms with Gasteiger partial charge in [0, 0.05) is 36.1 Å². The van der Waals surface area contributed by atoms with Gasteiger partial charge < -0.3 is 14.2 Å². The summed E-state index contributed by atoms with van der Waals surface area (Å²) in [6.45, 7) is 3.92. The first-order valence-electron chi connectivity index (χ1n) is 10.8. The molecule has 0 spiro atoms. The number of halogens is 1. The Hall–Kier alpha value is -2.78. The predicted molar refractivity (Wildman–Crippen MR) is 128 cm³/mol. The maximum atomic E-state index is 5.94. The molecule has 2 aliphatic heterocycles. The van der Waals surface area contributed by atoms with Crippen LogP contribution in [0.2, 0.25) is 5.02 Å². The zero-order chi connectivity index (χ0) is 21.8. The van der Waals surface area contributed by atoms with E-state index in [0.29, 0.717) is 16.7 Å². The van der Waals surface area contributed by atoms with Gasteiger partial charge in [-0.2, -0.15) is 20.1 Å². The summed E-state index contributed by atoms with van der Waals surface area (Å²) in [6.07, 6.45) is 6.29. The zero-order valence-electron chi connectivity index (χ0n) is 17.6. The molecular weight excluding hydrogens is 446 g/mol. The molecule has 1 N–H and O–H groups in total. The molecular formula is C22H24ClN7OS. The van der Waals surface area contributed by atoms with Crippen LogP contribution in [0.1, 0.15) is 31.4 Å². The molecule has 166 valence electrons. The quantitative estimate of drug-likeness (QED) is 0.386. The third-order valence-electron chi connectivity index (χ3n) is 5.38. The van der Waals surface area contributed by atoms with E-state index in [1.54, 1.807) is 6.21 Å². The summed E-state index contributed by atoms with van der Waals surface area (Å²) in [6, 6.07) is 11.4. The van der Waals surface area contributed by atoms with Crippen molar-refractivity contribution in [3.63, 3.8) is 0 Å². The minimum absolute atomic E-state index is 0.447. The second-order valence-electron chi connectivity index (χ2n) is 7.73. The second kappa shape index (κ2) is 9.79. The Balaban J connectivity index is 1.27. The van der Waals surface area contributed by atoms with Crippen molar-refractivity contribution < 1.29 is 4.42 Å². The SMILES string of the molecule is Clc1ccc(Sc2ccc(C=NNc3nc(N4CCCC4)nc(N4CCCC4)n3)o2)cc1. The van der Waals surface area contributed by atoms with Crippen LogP contribution in [0.5, 0.6) is 0 Å². The minimum Gasteiger partial charge on any atom is -0.448 e. The maximum absolute atomic E-state index is 5.94. The third kappa shape index (κ3) is 5.16. The van der Waals surface area contributed by atoms with Gasteiger partial charge in [0.25, 0.3) is 0 Å². The van der Waals surface area contributed by atoms with E-state index >= 15 is 0 Å². The number of anilines is 3. The van der Waals surface area contributed by atoms with Gasteiger partial charge in [-0.1, -0.05) is 23.4 Å². The van der Waals surface area contributed by atoms with E-state index in [-0.39, 0.29) is 0 Å². The summed E-state index contributed by atoms with van der Waals surface area (Å²) in [5, 5.41) is 5.79. The Labute approximate surface area is 196 Å². The fourth-order valence-corrected chi connectivity index (χ4v) is 4.66. The van der Waals surface area contributed by atoms with Crippen LogP contribution in [0.3, 0.4) is 0 Å². The van der Waals surface area contributed by atoms with E-state index in [4.69, 9.17) is 21.0 Å². The number of hydrogen-bond acceptors (Lipinski definition) is 9. The van der Waals surface area contributed by atoms with Crippen LogP contribution < -0.4 is 15.2 Å². The summed E-state index contributed by atoms with van der Waals surface area (Å²) in [5.41, 5.74) is 2.96. The molecule has 0 aliphatic carbocycles. The van der Waals surface area contributed by atoms with E-state index in [0.717, 1.165) is 48.1 Å². The van der Waals surface area contributed by atoms with E-state index < -0.39 is 0 Å². The van der Waals surface area contributed by atoms with Crippen molar-refractivity contribution in [3.8, 4) is 0 Å². The first-order valence-corrected chi connectivity index (χ1v) is 12.0. The van der Waals surface area contributed by atoms with Crippen molar-refractivity contribution in [2.45, 2.75) is 35.7 Å². The Morgan fingerprint density at radius 1 is 0.875 bits per heavy atom. The monoisotopic (exact) mass is 469 g/mol. The van der Waals surface area contributed by atoms with Crippen LogP contribution in [-0.2, 0) is 0 Å². The van der Waals surface area contributed by atoms with Gasteiger partial charge in [0.1, 0.15) is 5.76 Å². The first-order chi connectivity index (χ1) is 15.7. The fraction of sp³-hybridized carbons (Fsp3) is 0.364. The molecule has 0 radical (unpaired) electrons. The number of hydrazone groups is 1. The Bertz CT molecular complexity index is 1040. The molecule has 2 fully saturated rings. The minimum atomic E-state index is 0.447. The molecule has 2 aromatic heterocycles. The normalized spacial score (nSPS) is 16.4. The molecule has 32 heavy (non-hydrogen) atoms. The smallest absolute Gasteiger partial charge is 0.250 e. The molecule has 1 aromatic carbocycles. The highest BCUT2D eigenvalue weighted by Gasteiger charge is 2.21. The number of nitrogens with one attached hydrogen (secondary N) is 1. The highest BCUT2D eigenvalue weighted by atomic mass is 35.5. The lowest BCUT2D eigenvalue weighted by Crippen LogP contribution is -2.25. The topological polar surface area (TPSA) is 82.7 Å². The molecule has 8 nitrogen and oxygen atoms in total. The third-order valence-corrected chi connectivity index (χ3v) is 6.56. The van der Waals surface area contributed by atoms with Crippen LogP contribution in [-0.4, -0.2) is 47.3 Å². The summed E-state index contributed by atoms with van der Waals surface area (Å²) < 4.78 is 5.84. The Kier molecular flexibility index (Phi) is 6.45. The standard InChI is InChI=1S/C22H24ClN7OS/c23-16-5-8-18(9-6-16)32-19-10-7-17(31-19)15-24-28-20-25-21(29-11-1-2-12-29)27-22(26-20)30-13-3-4-14-30/h5-10,15H,1-4,11-14H2,(H,25,26,27,28). The number of hydrogen-bond donors (Lipinski definition) is 1. The molecule has 0 saturated carbocycles. The van der Waals surface area contributed by atoms with Crippen LogP contribution in [0.4, 0.5) is 17.8 Å². The summed E-state index contributed by atoms with van der Waals surface area (Å²) in [4.78, 5) is 19.4. The number of benzene rings is 1. The molecule has 0 amide bonds. The van der Waals surface area contributed by atoms with Crippen LogP contribution in [0, 0.1) is 0 Å². The summed E-state index contributed by atoms with van der Waals surface area (Å²) in [5.74, 6) is 2.53. The van der Waals surface area contributed by atoms with Gasteiger partial charge in [0.2, 0.25) is 17.8 Å². The molecule has 10 heteroatoms. The predicted octanol–water partition coefficient (Wildman–Crippen LogP) is 4.92. The van der Waals surface area contributed by atoms with Gasteiger partial charge >= 0.3 is 0 Å². The van der Waals surface area contributed by atoms with Crippen molar-refractivity contribution in [3.05, 3.63) is 47.2 Å². The van der Waals surface area contributed by atoms with Crippen molar-refractivity contribution in [2.24, 2.45) is 5.10 Å². The second-order valence-corrected chi connectivity index (χ2v) is 9.24. The van der Waals surface area contributed by atoms with Crippen molar-refractivity contribution in [2.75, 3.05) is 41.4 Å². The number of rotatable bonds is 7. The van der Waals surface area contributed by atoms with Gasteiger partial charge in [-0.15, -0.1) is 0 Å². The molecule has 4 heterocycles. The highest BCUT2D eigenvalue weighted by Crippen LogP contribution is 2.29. The van der Waals surface area contributed by atoms with Gasteiger partial charge in [-0.3, -0.25) is 0 Å². The first kappa shape index (κ1) is 21.1. The highest BCUT2D eigenvalue weighted by molar-refractivity contribution is 7.99. The van der Waals surface area contributed by atoms with E-state index in [2.05, 4.69) is 30.3 Å². The molecule has 2 saturated heterocycles. The van der Waals surface area contributed by atoms with Crippen LogP contribution >= 0.6 is 23.4 Å².